The third-order valence-electron chi connectivity index (χ3n) is 3.43. The summed E-state index contributed by atoms with van der Waals surface area (Å²) in [5, 5.41) is 0. The number of hydrogen-bond donors (Lipinski definition) is 0. The average Bonchev–Trinajstić information content (AvgIpc) is 3.02. The predicted octanol–water partition coefficient (Wildman–Crippen LogP) is 2.63. The Hall–Kier alpha value is -1.96. The van der Waals surface area contributed by atoms with Gasteiger partial charge >= 0.3 is 6.09 Å². The van der Waals surface area contributed by atoms with E-state index >= 15 is 0 Å². The van der Waals surface area contributed by atoms with Gasteiger partial charge in [0.15, 0.2) is 0 Å². The van der Waals surface area contributed by atoms with Gasteiger partial charge in [0.25, 0.3) is 0 Å². The van der Waals surface area contributed by atoms with E-state index < -0.39 is 5.60 Å². The Morgan fingerprint density at radius 3 is 2.95 bits per heavy atom. The molecule has 1 aliphatic heterocycles. The van der Waals surface area contributed by atoms with Crippen LogP contribution in [-0.4, -0.2) is 39.2 Å². The van der Waals surface area contributed by atoms with Gasteiger partial charge in [0.2, 0.25) is 0 Å². The van der Waals surface area contributed by atoms with Crippen LogP contribution in [0.4, 0.5) is 4.79 Å². The molecule has 0 bridgehead atoms. The summed E-state index contributed by atoms with van der Waals surface area (Å²) < 4.78 is 7.48. The van der Waals surface area contributed by atoms with Gasteiger partial charge in [-0.05, 0) is 34.1 Å². The van der Waals surface area contributed by atoms with Gasteiger partial charge in [-0.1, -0.05) is 5.92 Å². The molecular formula is C16H23N3O2. The van der Waals surface area contributed by atoms with Crippen molar-refractivity contribution >= 4 is 6.09 Å². The van der Waals surface area contributed by atoms with E-state index in [2.05, 4.69) is 21.4 Å². The van der Waals surface area contributed by atoms with Crippen molar-refractivity contribution in [3.05, 3.63) is 18.2 Å². The highest BCUT2D eigenvalue weighted by molar-refractivity contribution is 5.68. The first-order valence-electron chi connectivity index (χ1n) is 7.28. The lowest BCUT2D eigenvalue weighted by atomic mass is 10.1. The second-order valence-electron chi connectivity index (χ2n) is 6.29. The zero-order valence-electron chi connectivity index (χ0n) is 13.2. The van der Waals surface area contributed by atoms with Gasteiger partial charge in [-0.25, -0.2) is 9.78 Å². The van der Waals surface area contributed by atoms with E-state index in [0.717, 1.165) is 18.7 Å². The average molecular weight is 289 g/mol. The summed E-state index contributed by atoms with van der Waals surface area (Å²) in [6.07, 6.45) is 4.38. The summed E-state index contributed by atoms with van der Waals surface area (Å²) in [6.45, 7) is 9.54. The lowest BCUT2D eigenvalue weighted by molar-refractivity contribution is 0.0292. The van der Waals surface area contributed by atoms with Crippen LogP contribution in [0.5, 0.6) is 0 Å². The topological polar surface area (TPSA) is 47.4 Å². The molecule has 0 N–H and O–H groups in total. The molecule has 114 valence electrons. The number of ether oxygens (including phenoxy) is 1. The SMILES string of the molecule is CC#CCn1cncc1C1CCN(C(=O)OC(C)(C)C)C1. The zero-order chi connectivity index (χ0) is 15.5. The smallest absolute Gasteiger partial charge is 0.410 e. The molecule has 21 heavy (non-hydrogen) atoms. The van der Waals surface area contributed by atoms with Crippen LogP contribution in [-0.2, 0) is 11.3 Å². The number of carbonyl (C=O) groups is 1. The van der Waals surface area contributed by atoms with Crippen LogP contribution < -0.4 is 0 Å². The molecule has 5 heteroatoms. The Labute approximate surface area is 126 Å². The molecule has 0 spiro atoms. The van der Waals surface area contributed by atoms with Crippen molar-refractivity contribution in [2.24, 2.45) is 0 Å². The Kier molecular flexibility index (Phi) is 4.56. The van der Waals surface area contributed by atoms with Crippen LogP contribution in [0.25, 0.3) is 0 Å². The third-order valence-corrected chi connectivity index (χ3v) is 3.43. The maximum absolute atomic E-state index is 12.1. The van der Waals surface area contributed by atoms with Crippen molar-refractivity contribution in [1.82, 2.24) is 14.5 Å². The molecule has 1 aromatic heterocycles. The van der Waals surface area contributed by atoms with Crippen molar-refractivity contribution < 1.29 is 9.53 Å². The number of imidazole rings is 1. The monoisotopic (exact) mass is 289 g/mol. The Balaban J connectivity index is 2.00. The van der Waals surface area contributed by atoms with E-state index in [1.54, 1.807) is 11.2 Å². The molecular weight excluding hydrogens is 266 g/mol. The standard InChI is InChI=1S/C16H23N3O2/c1-5-6-8-19-12-17-10-14(19)13-7-9-18(11-13)15(20)21-16(2,3)4/h10,12-13H,7-9,11H2,1-4H3. The highest BCUT2D eigenvalue weighted by atomic mass is 16.6. The molecule has 2 heterocycles. The summed E-state index contributed by atoms with van der Waals surface area (Å²) in [5.41, 5.74) is 0.692. The number of hydrogen-bond acceptors (Lipinski definition) is 3. The summed E-state index contributed by atoms with van der Waals surface area (Å²) in [5.74, 6) is 6.25. The minimum atomic E-state index is -0.451. The lowest BCUT2D eigenvalue weighted by Gasteiger charge is -2.24. The molecule has 1 atom stereocenters. The van der Waals surface area contributed by atoms with Crippen molar-refractivity contribution in [2.45, 2.75) is 52.2 Å². The van der Waals surface area contributed by atoms with Gasteiger partial charge in [0.05, 0.1) is 12.9 Å². The van der Waals surface area contributed by atoms with Crippen molar-refractivity contribution in [3.8, 4) is 11.8 Å². The first-order chi connectivity index (χ1) is 9.90. The number of aromatic nitrogens is 2. The minimum Gasteiger partial charge on any atom is -0.444 e. The van der Waals surface area contributed by atoms with Crippen molar-refractivity contribution in [3.63, 3.8) is 0 Å². The van der Waals surface area contributed by atoms with Gasteiger partial charge in [0.1, 0.15) is 5.60 Å². The molecule has 1 amide bonds. The molecule has 1 aromatic rings. The molecule has 2 rings (SSSR count). The molecule has 1 saturated heterocycles. The second kappa shape index (κ2) is 6.21. The summed E-state index contributed by atoms with van der Waals surface area (Å²) >= 11 is 0. The predicted molar refractivity (Wildman–Crippen MR) is 80.8 cm³/mol. The van der Waals surface area contributed by atoms with E-state index in [4.69, 9.17) is 4.74 Å². The number of rotatable bonds is 2. The van der Waals surface area contributed by atoms with E-state index in [1.165, 1.54) is 0 Å². The fourth-order valence-electron chi connectivity index (χ4n) is 2.46. The molecule has 1 unspecified atom stereocenters. The van der Waals surface area contributed by atoms with Crippen molar-refractivity contribution in [2.75, 3.05) is 13.1 Å². The normalized spacial score (nSPS) is 18.3. The number of carbonyl (C=O) groups excluding carboxylic acids is 1. The maximum atomic E-state index is 12.1. The van der Waals surface area contributed by atoms with Gasteiger partial charge < -0.3 is 14.2 Å². The molecule has 0 saturated carbocycles. The highest BCUT2D eigenvalue weighted by Gasteiger charge is 2.31. The largest absolute Gasteiger partial charge is 0.444 e. The number of likely N-dealkylation sites (tertiary alicyclic amines) is 1. The molecule has 0 radical (unpaired) electrons. The fourth-order valence-corrected chi connectivity index (χ4v) is 2.46. The Morgan fingerprint density at radius 1 is 1.52 bits per heavy atom. The fraction of sp³-hybridized carbons (Fsp3) is 0.625. The van der Waals surface area contributed by atoms with E-state index in [-0.39, 0.29) is 6.09 Å². The van der Waals surface area contributed by atoms with Crippen LogP contribution in [0.2, 0.25) is 0 Å². The molecule has 1 fully saturated rings. The van der Waals surface area contributed by atoms with Crippen molar-refractivity contribution in [1.29, 1.82) is 0 Å². The maximum Gasteiger partial charge on any atom is 0.410 e. The van der Waals surface area contributed by atoms with E-state index in [1.807, 2.05) is 33.9 Å². The minimum absolute atomic E-state index is 0.232. The lowest BCUT2D eigenvalue weighted by Crippen LogP contribution is -2.35. The molecule has 0 aromatic carbocycles. The van der Waals surface area contributed by atoms with Gasteiger partial charge in [-0.15, -0.1) is 5.92 Å². The molecule has 5 nitrogen and oxygen atoms in total. The summed E-state index contributed by atoms with van der Waals surface area (Å²) in [6, 6.07) is 0. The van der Waals surface area contributed by atoms with Crippen LogP contribution in [0.1, 0.15) is 45.7 Å². The Bertz CT molecular complexity index is 560. The van der Waals surface area contributed by atoms with Crippen LogP contribution in [0.3, 0.4) is 0 Å². The van der Waals surface area contributed by atoms with E-state index in [9.17, 15) is 4.79 Å². The second-order valence-corrected chi connectivity index (χ2v) is 6.29. The van der Waals surface area contributed by atoms with Crippen LogP contribution in [0, 0.1) is 11.8 Å². The first kappa shape index (κ1) is 15.4. The summed E-state index contributed by atoms with van der Waals surface area (Å²) in [7, 11) is 0. The first-order valence-corrected chi connectivity index (χ1v) is 7.28. The van der Waals surface area contributed by atoms with E-state index in [0.29, 0.717) is 19.0 Å². The number of nitrogens with zero attached hydrogens (tertiary/aromatic N) is 3. The number of amides is 1. The van der Waals surface area contributed by atoms with Crippen LogP contribution in [0.15, 0.2) is 12.5 Å². The Morgan fingerprint density at radius 2 is 2.29 bits per heavy atom. The van der Waals surface area contributed by atoms with Gasteiger partial charge in [-0.2, -0.15) is 0 Å². The van der Waals surface area contributed by atoms with Gasteiger partial charge in [-0.3, -0.25) is 0 Å². The third kappa shape index (κ3) is 4.01. The summed E-state index contributed by atoms with van der Waals surface area (Å²) in [4.78, 5) is 18.1. The molecule has 1 aliphatic rings. The highest BCUT2D eigenvalue weighted by Crippen LogP contribution is 2.28. The zero-order valence-corrected chi connectivity index (χ0v) is 13.2. The van der Waals surface area contributed by atoms with Crippen LogP contribution >= 0.6 is 0 Å². The molecule has 0 aliphatic carbocycles. The van der Waals surface area contributed by atoms with Gasteiger partial charge in [0, 0.05) is 30.9 Å². The quantitative estimate of drug-likeness (QED) is 0.786.